The first-order chi connectivity index (χ1) is 10.2. The quantitative estimate of drug-likeness (QED) is 0.850. The van der Waals surface area contributed by atoms with E-state index in [1.807, 2.05) is 4.90 Å². The molecule has 0 unspecified atom stereocenters. The minimum Gasteiger partial charge on any atom is -0.368 e. The first-order valence-corrected chi connectivity index (χ1v) is 7.91. The van der Waals surface area contributed by atoms with Crippen molar-refractivity contribution >= 4 is 5.91 Å². The van der Waals surface area contributed by atoms with Gasteiger partial charge in [-0.15, -0.1) is 0 Å². The van der Waals surface area contributed by atoms with E-state index in [9.17, 15) is 4.79 Å². The zero-order valence-corrected chi connectivity index (χ0v) is 12.8. The molecule has 0 spiro atoms. The Morgan fingerprint density at radius 2 is 2.00 bits per heavy atom. The van der Waals surface area contributed by atoms with Gasteiger partial charge in [0, 0.05) is 39.3 Å². The summed E-state index contributed by atoms with van der Waals surface area (Å²) in [6, 6.07) is 8.53. The van der Waals surface area contributed by atoms with Crippen LogP contribution in [0.25, 0.3) is 0 Å². The Morgan fingerprint density at radius 1 is 1.24 bits per heavy atom. The van der Waals surface area contributed by atoms with E-state index in [4.69, 9.17) is 4.74 Å². The highest BCUT2D eigenvalue weighted by atomic mass is 16.5. The fourth-order valence-electron chi connectivity index (χ4n) is 3.13. The van der Waals surface area contributed by atoms with Gasteiger partial charge in [0.1, 0.15) is 6.10 Å². The summed E-state index contributed by atoms with van der Waals surface area (Å²) in [6.07, 6.45) is 1.74. The third-order valence-corrected chi connectivity index (χ3v) is 4.54. The van der Waals surface area contributed by atoms with Crippen molar-refractivity contribution in [3.63, 3.8) is 0 Å². The third-order valence-electron chi connectivity index (χ3n) is 4.54. The van der Waals surface area contributed by atoms with E-state index in [0.29, 0.717) is 0 Å². The summed E-state index contributed by atoms with van der Waals surface area (Å²) in [7, 11) is 0. The number of rotatable bonds is 3. The second-order valence-electron chi connectivity index (χ2n) is 6.03. The lowest BCUT2D eigenvalue weighted by molar-refractivity contribution is -0.142. The van der Waals surface area contributed by atoms with Crippen molar-refractivity contribution in [2.45, 2.75) is 32.4 Å². The number of carbonyl (C=O) groups excluding carboxylic acids is 1. The van der Waals surface area contributed by atoms with Crippen LogP contribution in [0, 0.1) is 6.92 Å². The fraction of sp³-hybridized carbons (Fsp3) is 0.588. The standard InChI is InChI=1S/C17H24N2O2/c1-14-5-2-3-6-15(14)13-18-8-10-19(11-9-18)17(20)16-7-4-12-21-16/h2-3,5-6,16H,4,7-13H2,1H3/t16-/m0/s1. The van der Waals surface area contributed by atoms with Crippen LogP contribution in [0.15, 0.2) is 24.3 Å². The lowest BCUT2D eigenvalue weighted by atomic mass is 10.1. The van der Waals surface area contributed by atoms with Crippen LogP contribution in [0.4, 0.5) is 0 Å². The molecule has 2 heterocycles. The second kappa shape index (κ2) is 6.58. The zero-order valence-electron chi connectivity index (χ0n) is 12.8. The van der Waals surface area contributed by atoms with Crippen molar-refractivity contribution in [1.29, 1.82) is 0 Å². The molecule has 2 aliphatic heterocycles. The molecule has 1 aromatic rings. The first kappa shape index (κ1) is 14.5. The molecule has 3 rings (SSSR count). The average molecular weight is 288 g/mol. The monoisotopic (exact) mass is 288 g/mol. The van der Waals surface area contributed by atoms with E-state index in [2.05, 4.69) is 36.1 Å². The van der Waals surface area contributed by atoms with Gasteiger partial charge in [-0.2, -0.15) is 0 Å². The molecule has 0 saturated carbocycles. The minimum absolute atomic E-state index is 0.173. The molecule has 21 heavy (non-hydrogen) atoms. The van der Waals surface area contributed by atoms with Crippen molar-refractivity contribution in [2.24, 2.45) is 0 Å². The molecule has 1 aromatic carbocycles. The number of benzene rings is 1. The van der Waals surface area contributed by atoms with Crippen molar-refractivity contribution in [1.82, 2.24) is 9.80 Å². The molecular weight excluding hydrogens is 264 g/mol. The Morgan fingerprint density at radius 3 is 2.67 bits per heavy atom. The highest BCUT2D eigenvalue weighted by Crippen LogP contribution is 2.17. The Labute approximate surface area is 126 Å². The molecule has 4 heteroatoms. The fourth-order valence-corrected chi connectivity index (χ4v) is 3.13. The van der Waals surface area contributed by atoms with Gasteiger partial charge in [0.2, 0.25) is 0 Å². The summed E-state index contributed by atoms with van der Waals surface area (Å²) in [5.41, 5.74) is 2.73. The molecule has 0 aromatic heterocycles. The molecule has 114 valence electrons. The van der Waals surface area contributed by atoms with Gasteiger partial charge in [0.25, 0.3) is 5.91 Å². The van der Waals surface area contributed by atoms with Gasteiger partial charge in [0.15, 0.2) is 0 Å². The van der Waals surface area contributed by atoms with Crippen molar-refractivity contribution in [2.75, 3.05) is 32.8 Å². The Bertz CT molecular complexity index is 489. The van der Waals surface area contributed by atoms with Crippen LogP contribution in [0.2, 0.25) is 0 Å². The van der Waals surface area contributed by atoms with Crippen LogP contribution in [-0.2, 0) is 16.1 Å². The van der Waals surface area contributed by atoms with Gasteiger partial charge in [-0.25, -0.2) is 0 Å². The van der Waals surface area contributed by atoms with E-state index < -0.39 is 0 Å². The Kier molecular flexibility index (Phi) is 4.56. The highest BCUT2D eigenvalue weighted by Gasteiger charge is 2.30. The van der Waals surface area contributed by atoms with E-state index >= 15 is 0 Å². The summed E-state index contributed by atoms with van der Waals surface area (Å²) < 4.78 is 5.50. The number of hydrogen-bond donors (Lipinski definition) is 0. The number of ether oxygens (including phenoxy) is 1. The van der Waals surface area contributed by atoms with Crippen LogP contribution in [0.1, 0.15) is 24.0 Å². The molecule has 2 saturated heterocycles. The average Bonchev–Trinajstić information content (AvgIpc) is 3.04. The van der Waals surface area contributed by atoms with E-state index in [-0.39, 0.29) is 12.0 Å². The van der Waals surface area contributed by atoms with Gasteiger partial charge in [-0.05, 0) is 30.9 Å². The van der Waals surface area contributed by atoms with Crippen LogP contribution >= 0.6 is 0 Å². The summed E-state index contributed by atoms with van der Waals surface area (Å²) in [6.45, 7) is 7.43. The Balaban J connectivity index is 1.51. The second-order valence-corrected chi connectivity index (χ2v) is 6.03. The third kappa shape index (κ3) is 3.44. The topological polar surface area (TPSA) is 32.8 Å². The number of hydrogen-bond acceptors (Lipinski definition) is 3. The van der Waals surface area contributed by atoms with Crippen molar-refractivity contribution in [3.05, 3.63) is 35.4 Å². The summed E-state index contributed by atoms with van der Waals surface area (Å²) >= 11 is 0. The molecule has 4 nitrogen and oxygen atoms in total. The lowest BCUT2D eigenvalue weighted by Gasteiger charge is -2.36. The molecule has 2 aliphatic rings. The molecule has 0 bridgehead atoms. The zero-order chi connectivity index (χ0) is 14.7. The lowest BCUT2D eigenvalue weighted by Crippen LogP contribution is -2.51. The summed E-state index contributed by atoms with van der Waals surface area (Å²) in [4.78, 5) is 16.7. The largest absolute Gasteiger partial charge is 0.368 e. The number of carbonyl (C=O) groups is 1. The predicted molar refractivity (Wildman–Crippen MR) is 82.0 cm³/mol. The predicted octanol–water partition coefficient (Wildman–Crippen LogP) is 1.82. The highest BCUT2D eigenvalue weighted by molar-refractivity contribution is 5.81. The molecule has 1 atom stereocenters. The molecule has 2 fully saturated rings. The van der Waals surface area contributed by atoms with E-state index in [1.54, 1.807) is 0 Å². The van der Waals surface area contributed by atoms with Gasteiger partial charge in [-0.3, -0.25) is 9.69 Å². The molecular formula is C17H24N2O2. The first-order valence-electron chi connectivity index (χ1n) is 7.91. The van der Waals surface area contributed by atoms with Crippen LogP contribution in [-0.4, -0.2) is 54.6 Å². The summed E-state index contributed by atoms with van der Waals surface area (Å²) in [5, 5.41) is 0. The van der Waals surface area contributed by atoms with E-state index in [1.165, 1.54) is 11.1 Å². The van der Waals surface area contributed by atoms with Gasteiger partial charge in [-0.1, -0.05) is 24.3 Å². The van der Waals surface area contributed by atoms with Gasteiger partial charge in [0.05, 0.1) is 0 Å². The molecule has 1 amide bonds. The van der Waals surface area contributed by atoms with Crippen molar-refractivity contribution in [3.8, 4) is 0 Å². The van der Waals surface area contributed by atoms with Crippen LogP contribution in [0.3, 0.4) is 0 Å². The van der Waals surface area contributed by atoms with E-state index in [0.717, 1.165) is 52.2 Å². The van der Waals surface area contributed by atoms with Crippen molar-refractivity contribution < 1.29 is 9.53 Å². The summed E-state index contributed by atoms with van der Waals surface area (Å²) in [5.74, 6) is 0.197. The Hall–Kier alpha value is -1.39. The number of nitrogens with zero attached hydrogens (tertiary/aromatic N) is 2. The smallest absolute Gasteiger partial charge is 0.251 e. The maximum Gasteiger partial charge on any atom is 0.251 e. The molecule has 0 radical (unpaired) electrons. The van der Waals surface area contributed by atoms with Gasteiger partial charge >= 0.3 is 0 Å². The molecule has 0 N–H and O–H groups in total. The van der Waals surface area contributed by atoms with Crippen LogP contribution in [0.5, 0.6) is 0 Å². The minimum atomic E-state index is -0.173. The number of aryl methyl sites for hydroxylation is 1. The van der Waals surface area contributed by atoms with Gasteiger partial charge < -0.3 is 9.64 Å². The van der Waals surface area contributed by atoms with Crippen LogP contribution < -0.4 is 0 Å². The maximum absolute atomic E-state index is 12.3. The number of amides is 1. The number of piperazine rings is 1. The maximum atomic E-state index is 12.3. The molecule has 0 aliphatic carbocycles. The normalized spacial score (nSPS) is 23.5. The SMILES string of the molecule is Cc1ccccc1CN1CCN(C(=O)[C@@H]2CCCO2)CC1.